The molecule has 2 aliphatic heterocycles. The number of nitrogen functional groups attached to an aromatic ring is 1. The van der Waals surface area contributed by atoms with Gasteiger partial charge in [-0.1, -0.05) is 23.8 Å². The molecule has 0 aliphatic carbocycles. The van der Waals surface area contributed by atoms with E-state index in [1.54, 1.807) is 18.0 Å². The number of hydrazone groups is 1. The van der Waals surface area contributed by atoms with Crippen LogP contribution in [0.4, 0.5) is 11.6 Å². The minimum atomic E-state index is -0.756. The first kappa shape index (κ1) is 21.2. The summed E-state index contributed by atoms with van der Waals surface area (Å²) in [5.74, 6) is 0.0223. The average molecular weight is 444 g/mol. The van der Waals surface area contributed by atoms with Crippen LogP contribution in [0.5, 0.6) is 0 Å². The Balaban J connectivity index is 1.45. The van der Waals surface area contributed by atoms with Crippen LogP contribution >= 0.6 is 11.8 Å². The summed E-state index contributed by atoms with van der Waals surface area (Å²) in [7, 11) is 0. The Kier molecular flexibility index (Phi) is 6.77. The minimum absolute atomic E-state index is 0.107. The predicted octanol–water partition coefficient (Wildman–Crippen LogP) is 1.93. The summed E-state index contributed by atoms with van der Waals surface area (Å²) in [6.45, 7) is 2.53. The maximum absolute atomic E-state index is 12.9. The molecule has 2 unspecified atom stereocenters. The number of thioether (sulfide) groups is 1. The Morgan fingerprint density at radius 2 is 2.06 bits per heavy atom. The van der Waals surface area contributed by atoms with Crippen molar-refractivity contribution >= 4 is 35.5 Å². The number of hydrogen-bond donors (Lipinski definition) is 2. The number of nitrogens with two attached hydrogens (primary N) is 1. The SMILES string of the molecule is CSc1ccc(/C=N/NC(=O)C2N=NN(c3nonc3N)C2CN2CCCCC2)cc1. The van der Waals surface area contributed by atoms with Crippen LogP contribution in [0.1, 0.15) is 24.8 Å². The van der Waals surface area contributed by atoms with Gasteiger partial charge in [-0.25, -0.2) is 15.1 Å². The number of amides is 1. The van der Waals surface area contributed by atoms with Gasteiger partial charge in [0.2, 0.25) is 11.6 Å². The van der Waals surface area contributed by atoms with Gasteiger partial charge in [0.15, 0.2) is 6.04 Å². The van der Waals surface area contributed by atoms with Gasteiger partial charge in [0.05, 0.1) is 6.21 Å². The first-order valence-electron chi connectivity index (χ1n) is 10.1. The Bertz CT molecular complexity index is 940. The van der Waals surface area contributed by atoms with Crippen molar-refractivity contribution in [2.45, 2.75) is 36.2 Å². The van der Waals surface area contributed by atoms with Crippen LogP contribution in [0.15, 0.2) is 49.2 Å². The van der Waals surface area contributed by atoms with E-state index in [2.05, 4.69) is 36.1 Å². The summed E-state index contributed by atoms with van der Waals surface area (Å²) < 4.78 is 4.71. The second-order valence-corrected chi connectivity index (χ2v) is 8.28. The molecule has 1 fully saturated rings. The molecule has 1 aromatic carbocycles. The van der Waals surface area contributed by atoms with Crippen LogP contribution in [-0.4, -0.2) is 65.3 Å². The van der Waals surface area contributed by atoms with Crippen molar-refractivity contribution in [3.05, 3.63) is 29.8 Å². The molecular weight excluding hydrogens is 418 g/mol. The standard InChI is InChI=1S/C19H25N9O2S/c1-31-14-7-5-13(6-8-14)11-21-23-19(29)16-15(12-27-9-3-2-4-10-27)28(26-22-16)18-17(20)24-30-25-18/h5-8,11,15-16H,2-4,9-10,12H2,1H3,(H2,20,24)(H,23,29)/b21-11+. The number of piperidine rings is 1. The van der Waals surface area contributed by atoms with E-state index in [4.69, 9.17) is 10.4 Å². The van der Waals surface area contributed by atoms with E-state index in [0.29, 0.717) is 6.54 Å². The fraction of sp³-hybridized carbons (Fsp3) is 0.474. The lowest BCUT2D eigenvalue weighted by atomic mass is 10.1. The molecule has 1 amide bonds. The number of anilines is 2. The second kappa shape index (κ2) is 9.88. The third-order valence-electron chi connectivity index (χ3n) is 5.33. The van der Waals surface area contributed by atoms with Crippen molar-refractivity contribution in [1.82, 2.24) is 20.6 Å². The maximum Gasteiger partial charge on any atom is 0.269 e. The molecule has 2 aromatic rings. The molecule has 1 aromatic heterocycles. The summed E-state index contributed by atoms with van der Waals surface area (Å²) in [5.41, 5.74) is 9.33. The van der Waals surface area contributed by atoms with Crippen LogP contribution in [-0.2, 0) is 4.79 Å². The minimum Gasteiger partial charge on any atom is -0.378 e. The molecular formula is C19H25N9O2S. The number of nitrogens with zero attached hydrogens (tertiary/aromatic N) is 7. The lowest BCUT2D eigenvalue weighted by molar-refractivity contribution is -0.122. The number of rotatable bonds is 7. The predicted molar refractivity (Wildman–Crippen MR) is 118 cm³/mol. The molecule has 3 N–H and O–H groups in total. The third-order valence-corrected chi connectivity index (χ3v) is 6.07. The molecule has 3 heterocycles. The van der Waals surface area contributed by atoms with Gasteiger partial charge >= 0.3 is 0 Å². The zero-order valence-corrected chi connectivity index (χ0v) is 18.0. The number of carbonyl (C=O) groups excluding carboxylic acids is 1. The lowest BCUT2D eigenvalue weighted by Crippen LogP contribution is -2.50. The van der Waals surface area contributed by atoms with E-state index >= 15 is 0 Å². The summed E-state index contributed by atoms with van der Waals surface area (Å²) in [6, 6.07) is 6.75. The highest BCUT2D eigenvalue weighted by atomic mass is 32.2. The van der Waals surface area contributed by atoms with Gasteiger partial charge in [0.1, 0.15) is 6.04 Å². The Labute approximate surface area is 184 Å². The van der Waals surface area contributed by atoms with Gasteiger partial charge in [0.25, 0.3) is 5.91 Å². The van der Waals surface area contributed by atoms with Crippen molar-refractivity contribution in [2.24, 2.45) is 15.4 Å². The summed E-state index contributed by atoms with van der Waals surface area (Å²) in [6.07, 6.45) is 7.10. The molecule has 1 saturated heterocycles. The molecule has 2 aliphatic rings. The van der Waals surface area contributed by atoms with Crippen LogP contribution < -0.4 is 16.2 Å². The topological polar surface area (TPSA) is 138 Å². The molecule has 0 radical (unpaired) electrons. The van der Waals surface area contributed by atoms with Gasteiger partial charge < -0.3 is 10.6 Å². The molecule has 4 rings (SSSR count). The molecule has 164 valence electrons. The fourth-order valence-corrected chi connectivity index (χ4v) is 4.08. The van der Waals surface area contributed by atoms with Crippen LogP contribution in [0.25, 0.3) is 0 Å². The molecule has 2 atom stereocenters. The van der Waals surface area contributed by atoms with E-state index in [1.807, 2.05) is 30.5 Å². The highest BCUT2D eigenvalue weighted by Gasteiger charge is 2.42. The molecule has 0 spiro atoms. The number of likely N-dealkylation sites (tertiary alicyclic amines) is 1. The van der Waals surface area contributed by atoms with Crippen LogP contribution in [0.3, 0.4) is 0 Å². The van der Waals surface area contributed by atoms with Crippen LogP contribution in [0, 0.1) is 0 Å². The highest BCUT2D eigenvalue weighted by Crippen LogP contribution is 2.29. The normalized spacial score (nSPS) is 21.8. The number of aromatic nitrogens is 2. The monoisotopic (exact) mass is 443 g/mol. The van der Waals surface area contributed by atoms with E-state index in [0.717, 1.165) is 36.4 Å². The first-order valence-corrected chi connectivity index (χ1v) is 11.4. The van der Waals surface area contributed by atoms with Gasteiger partial charge in [-0.05, 0) is 60.2 Å². The molecule has 31 heavy (non-hydrogen) atoms. The zero-order chi connectivity index (χ0) is 21.6. The van der Waals surface area contributed by atoms with Crippen LogP contribution in [0.2, 0.25) is 0 Å². The number of nitrogens with one attached hydrogen (secondary N) is 1. The molecule has 0 bridgehead atoms. The van der Waals surface area contributed by atoms with Gasteiger partial charge in [-0.15, -0.1) is 11.8 Å². The van der Waals surface area contributed by atoms with Crippen molar-refractivity contribution in [3.8, 4) is 0 Å². The second-order valence-electron chi connectivity index (χ2n) is 7.40. The van der Waals surface area contributed by atoms with E-state index < -0.39 is 6.04 Å². The van der Waals surface area contributed by atoms with Gasteiger partial charge in [-0.2, -0.15) is 10.2 Å². The van der Waals surface area contributed by atoms with Gasteiger partial charge in [0, 0.05) is 11.4 Å². The largest absolute Gasteiger partial charge is 0.378 e. The van der Waals surface area contributed by atoms with Gasteiger partial charge in [-0.3, -0.25) is 4.79 Å². The summed E-state index contributed by atoms with van der Waals surface area (Å²) >= 11 is 1.67. The number of hydrogen-bond acceptors (Lipinski definition) is 11. The molecule has 12 heteroatoms. The fourth-order valence-electron chi connectivity index (χ4n) is 3.67. The van der Waals surface area contributed by atoms with Crippen molar-refractivity contribution in [2.75, 3.05) is 36.6 Å². The van der Waals surface area contributed by atoms with E-state index in [9.17, 15) is 4.79 Å². The summed E-state index contributed by atoms with van der Waals surface area (Å²) in [5, 5.41) is 21.4. The molecule has 11 nitrogen and oxygen atoms in total. The van der Waals surface area contributed by atoms with Crippen molar-refractivity contribution in [3.63, 3.8) is 0 Å². The lowest BCUT2D eigenvalue weighted by Gasteiger charge is -2.32. The van der Waals surface area contributed by atoms with Crippen molar-refractivity contribution < 1.29 is 9.42 Å². The third kappa shape index (κ3) is 5.02. The smallest absolute Gasteiger partial charge is 0.269 e. The Morgan fingerprint density at radius 1 is 1.29 bits per heavy atom. The first-order chi connectivity index (χ1) is 15.2. The average Bonchev–Trinajstić information content (AvgIpc) is 3.40. The Hall–Kier alpha value is -2.99. The zero-order valence-electron chi connectivity index (χ0n) is 17.2. The van der Waals surface area contributed by atoms with E-state index in [-0.39, 0.29) is 23.6 Å². The quantitative estimate of drug-likeness (QED) is 0.376. The highest BCUT2D eigenvalue weighted by molar-refractivity contribution is 7.98. The maximum atomic E-state index is 12.9. The summed E-state index contributed by atoms with van der Waals surface area (Å²) in [4.78, 5) is 16.3. The van der Waals surface area contributed by atoms with Crippen molar-refractivity contribution in [1.29, 1.82) is 0 Å². The number of carbonyl (C=O) groups is 1. The van der Waals surface area contributed by atoms with E-state index in [1.165, 1.54) is 11.4 Å². The molecule has 0 saturated carbocycles. The number of benzene rings is 1. The Morgan fingerprint density at radius 3 is 2.74 bits per heavy atom.